The average Bonchev–Trinajstić information content (AvgIpc) is 3.11. The molecule has 0 amide bonds. The van der Waals surface area contributed by atoms with E-state index in [-0.39, 0.29) is 0 Å². The van der Waals surface area contributed by atoms with Crippen molar-refractivity contribution in [2.24, 2.45) is 5.73 Å². The summed E-state index contributed by atoms with van der Waals surface area (Å²) in [5.74, 6) is 1.62. The van der Waals surface area contributed by atoms with E-state index in [4.69, 9.17) is 15.8 Å². The van der Waals surface area contributed by atoms with Crippen molar-refractivity contribution in [3.05, 3.63) is 23.0 Å². The SMILES string of the molecule is CCC(CC)c1cc2nc3c(c(NCCN)n2n1)CCC3. The number of rotatable bonds is 6. The maximum Gasteiger partial charge on any atom is 0.157 e. The molecule has 0 aromatic carbocycles. The number of hydrogen-bond acceptors (Lipinski definition) is 4. The standard InChI is InChI=1S/C16H25N5/c1-3-11(4-2)14-10-15-19-13-7-5-6-12(13)16(18-9-8-17)21(15)20-14/h10-11,18H,3-9,17H2,1-2H3. The van der Waals surface area contributed by atoms with Gasteiger partial charge in [0.1, 0.15) is 5.82 Å². The molecule has 2 heterocycles. The van der Waals surface area contributed by atoms with E-state index in [2.05, 4.69) is 25.2 Å². The van der Waals surface area contributed by atoms with Gasteiger partial charge in [0.15, 0.2) is 5.65 Å². The van der Waals surface area contributed by atoms with Crippen molar-refractivity contribution in [2.45, 2.75) is 51.9 Å². The Balaban J connectivity index is 2.11. The Bertz CT molecular complexity index is 627. The number of fused-ring (bicyclic) bond motifs is 2. The molecule has 0 radical (unpaired) electrons. The van der Waals surface area contributed by atoms with Gasteiger partial charge in [-0.15, -0.1) is 0 Å². The zero-order valence-corrected chi connectivity index (χ0v) is 13.0. The van der Waals surface area contributed by atoms with Crippen molar-refractivity contribution in [3.63, 3.8) is 0 Å². The molecular weight excluding hydrogens is 262 g/mol. The summed E-state index contributed by atoms with van der Waals surface area (Å²) in [6.07, 6.45) is 5.59. The zero-order chi connectivity index (χ0) is 14.8. The molecule has 0 aliphatic heterocycles. The van der Waals surface area contributed by atoms with Crippen LogP contribution in [-0.2, 0) is 12.8 Å². The van der Waals surface area contributed by atoms with Crippen molar-refractivity contribution < 1.29 is 0 Å². The minimum Gasteiger partial charge on any atom is -0.368 e. The molecule has 1 aliphatic carbocycles. The van der Waals surface area contributed by atoms with Crippen molar-refractivity contribution >= 4 is 11.5 Å². The summed E-state index contributed by atoms with van der Waals surface area (Å²) < 4.78 is 1.99. The van der Waals surface area contributed by atoms with E-state index in [1.165, 1.54) is 17.7 Å². The monoisotopic (exact) mass is 287 g/mol. The summed E-state index contributed by atoms with van der Waals surface area (Å²) in [5, 5.41) is 8.30. The molecule has 2 aromatic heterocycles. The number of nitrogens with zero attached hydrogens (tertiary/aromatic N) is 3. The van der Waals surface area contributed by atoms with Gasteiger partial charge >= 0.3 is 0 Å². The van der Waals surface area contributed by atoms with Gasteiger partial charge in [0, 0.05) is 36.3 Å². The van der Waals surface area contributed by atoms with Crippen LogP contribution in [0.25, 0.3) is 5.65 Å². The molecule has 114 valence electrons. The van der Waals surface area contributed by atoms with Crippen molar-refractivity contribution in [1.82, 2.24) is 14.6 Å². The van der Waals surface area contributed by atoms with Crippen LogP contribution < -0.4 is 11.1 Å². The molecule has 5 heteroatoms. The lowest BCUT2D eigenvalue weighted by atomic mass is 10.00. The molecule has 0 unspecified atom stereocenters. The second-order valence-electron chi connectivity index (χ2n) is 5.81. The second kappa shape index (κ2) is 6.02. The Labute approximate surface area is 125 Å². The minimum atomic E-state index is 0.517. The van der Waals surface area contributed by atoms with Gasteiger partial charge in [-0.3, -0.25) is 0 Å². The smallest absolute Gasteiger partial charge is 0.157 e. The van der Waals surface area contributed by atoms with Crippen LogP contribution in [0, 0.1) is 0 Å². The van der Waals surface area contributed by atoms with Crippen LogP contribution in [-0.4, -0.2) is 27.7 Å². The van der Waals surface area contributed by atoms with Gasteiger partial charge in [-0.2, -0.15) is 9.61 Å². The predicted octanol–water partition coefficient (Wildman–Crippen LogP) is 2.49. The summed E-state index contributed by atoms with van der Waals surface area (Å²) in [7, 11) is 0. The van der Waals surface area contributed by atoms with Crippen LogP contribution >= 0.6 is 0 Å². The summed E-state index contributed by atoms with van der Waals surface area (Å²) >= 11 is 0. The van der Waals surface area contributed by atoms with Crippen LogP contribution in [0.3, 0.4) is 0 Å². The van der Waals surface area contributed by atoms with Gasteiger partial charge < -0.3 is 11.1 Å². The molecule has 0 spiro atoms. The molecular formula is C16H25N5. The lowest BCUT2D eigenvalue weighted by Gasteiger charge is -2.12. The Kier molecular flexibility index (Phi) is 4.10. The Hall–Kier alpha value is -1.62. The highest BCUT2D eigenvalue weighted by molar-refractivity contribution is 5.57. The molecule has 0 fully saturated rings. The molecule has 0 saturated heterocycles. The van der Waals surface area contributed by atoms with E-state index in [0.29, 0.717) is 12.5 Å². The average molecular weight is 287 g/mol. The maximum atomic E-state index is 5.65. The highest BCUT2D eigenvalue weighted by Gasteiger charge is 2.22. The number of nitrogens with one attached hydrogen (secondary N) is 1. The van der Waals surface area contributed by atoms with Gasteiger partial charge in [0.25, 0.3) is 0 Å². The van der Waals surface area contributed by atoms with Gasteiger partial charge in [0.05, 0.1) is 5.69 Å². The van der Waals surface area contributed by atoms with Gasteiger partial charge in [-0.1, -0.05) is 13.8 Å². The first-order chi connectivity index (χ1) is 10.3. The molecule has 0 saturated carbocycles. The maximum absolute atomic E-state index is 5.65. The fraction of sp³-hybridized carbons (Fsp3) is 0.625. The van der Waals surface area contributed by atoms with E-state index in [0.717, 1.165) is 49.4 Å². The van der Waals surface area contributed by atoms with Crippen molar-refractivity contribution in [1.29, 1.82) is 0 Å². The summed E-state index contributed by atoms with van der Waals surface area (Å²) in [6, 6.07) is 2.16. The lowest BCUT2D eigenvalue weighted by molar-refractivity contribution is 0.616. The van der Waals surface area contributed by atoms with Gasteiger partial charge in [0.2, 0.25) is 0 Å². The second-order valence-corrected chi connectivity index (χ2v) is 5.81. The first kappa shape index (κ1) is 14.3. The molecule has 3 rings (SSSR count). The molecule has 21 heavy (non-hydrogen) atoms. The number of anilines is 1. The number of nitrogens with two attached hydrogens (primary N) is 1. The Morgan fingerprint density at radius 3 is 2.86 bits per heavy atom. The van der Waals surface area contributed by atoms with E-state index in [1.54, 1.807) is 0 Å². The van der Waals surface area contributed by atoms with Crippen molar-refractivity contribution in [3.8, 4) is 0 Å². The molecule has 2 aromatic rings. The van der Waals surface area contributed by atoms with E-state index < -0.39 is 0 Å². The first-order valence-corrected chi connectivity index (χ1v) is 8.13. The quantitative estimate of drug-likeness (QED) is 0.856. The minimum absolute atomic E-state index is 0.517. The molecule has 0 atom stereocenters. The zero-order valence-electron chi connectivity index (χ0n) is 13.0. The summed E-state index contributed by atoms with van der Waals surface area (Å²) in [5.41, 5.74) is 10.3. The van der Waals surface area contributed by atoms with E-state index in [1.807, 2.05) is 4.52 Å². The third-order valence-corrected chi connectivity index (χ3v) is 4.49. The fourth-order valence-electron chi connectivity index (χ4n) is 3.28. The normalized spacial score (nSPS) is 14.1. The van der Waals surface area contributed by atoms with Crippen LogP contribution in [0.2, 0.25) is 0 Å². The van der Waals surface area contributed by atoms with Crippen LogP contribution in [0.15, 0.2) is 6.07 Å². The van der Waals surface area contributed by atoms with Crippen molar-refractivity contribution in [2.75, 3.05) is 18.4 Å². The number of aromatic nitrogens is 3. The van der Waals surface area contributed by atoms with Crippen LogP contribution in [0.5, 0.6) is 0 Å². The number of aryl methyl sites for hydroxylation is 1. The Morgan fingerprint density at radius 1 is 1.33 bits per heavy atom. The summed E-state index contributed by atoms with van der Waals surface area (Å²) in [4.78, 5) is 4.83. The van der Waals surface area contributed by atoms with Crippen LogP contribution in [0.1, 0.15) is 56.0 Å². The van der Waals surface area contributed by atoms with E-state index in [9.17, 15) is 0 Å². The van der Waals surface area contributed by atoms with Crippen LogP contribution in [0.4, 0.5) is 5.82 Å². The predicted molar refractivity (Wildman–Crippen MR) is 85.9 cm³/mol. The topological polar surface area (TPSA) is 68.2 Å². The molecule has 1 aliphatic rings. The fourth-order valence-corrected chi connectivity index (χ4v) is 3.28. The summed E-state index contributed by atoms with van der Waals surface area (Å²) in [6.45, 7) is 5.84. The number of hydrogen-bond donors (Lipinski definition) is 2. The molecule has 3 N–H and O–H groups in total. The molecule has 5 nitrogen and oxygen atoms in total. The lowest BCUT2D eigenvalue weighted by Crippen LogP contribution is -2.17. The highest BCUT2D eigenvalue weighted by Crippen LogP contribution is 2.30. The van der Waals surface area contributed by atoms with Gasteiger partial charge in [-0.05, 0) is 32.1 Å². The first-order valence-electron chi connectivity index (χ1n) is 8.13. The third-order valence-electron chi connectivity index (χ3n) is 4.49. The third kappa shape index (κ3) is 2.50. The highest BCUT2D eigenvalue weighted by atomic mass is 15.3. The van der Waals surface area contributed by atoms with Gasteiger partial charge in [-0.25, -0.2) is 4.98 Å². The van der Waals surface area contributed by atoms with E-state index >= 15 is 0 Å². The molecule has 0 bridgehead atoms. The largest absolute Gasteiger partial charge is 0.368 e. The Morgan fingerprint density at radius 2 is 2.14 bits per heavy atom.